The molecule has 0 radical (unpaired) electrons. The molecule has 1 saturated heterocycles. The SMILES string of the molecule is O=C(c1ccc2c(c1)CCCC2)N1CCC(Oc2nc3c(F)cccc3s2)CC1. The normalized spacial score (nSPS) is 17.3. The molecule has 1 aliphatic heterocycles. The Labute approximate surface area is 173 Å². The van der Waals surface area contributed by atoms with Crippen molar-refractivity contribution in [3.63, 3.8) is 0 Å². The van der Waals surface area contributed by atoms with Crippen LogP contribution in [0.1, 0.15) is 47.2 Å². The van der Waals surface area contributed by atoms with E-state index in [0.717, 1.165) is 35.9 Å². The number of thiazole rings is 1. The Hall–Kier alpha value is -2.47. The van der Waals surface area contributed by atoms with Crippen molar-refractivity contribution in [3.8, 4) is 5.19 Å². The molecule has 1 aliphatic carbocycles. The molecule has 0 saturated carbocycles. The van der Waals surface area contributed by atoms with E-state index in [1.54, 1.807) is 6.07 Å². The second-order valence-corrected chi connectivity index (χ2v) is 8.86. The second kappa shape index (κ2) is 7.75. The Morgan fingerprint density at radius 3 is 2.69 bits per heavy atom. The van der Waals surface area contributed by atoms with Gasteiger partial charge in [0.1, 0.15) is 17.4 Å². The summed E-state index contributed by atoms with van der Waals surface area (Å²) in [5, 5.41) is 0.504. The first-order valence-electron chi connectivity index (χ1n) is 10.3. The minimum Gasteiger partial charge on any atom is -0.467 e. The van der Waals surface area contributed by atoms with Crippen LogP contribution in [0.3, 0.4) is 0 Å². The zero-order chi connectivity index (χ0) is 19.8. The van der Waals surface area contributed by atoms with E-state index in [-0.39, 0.29) is 17.8 Å². The zero-order valence-corrected chi connectivity index (χ0v) is 17.0. The lowest BCUT2D eigenvalue weighted by Crippen LogP contribution is -2.41. The molecule has 5 rings (SSSR count). The summed E-state index contributed by atoms with van der Waals surface area (Å²) in [6.45, 7) is 1.33. The molecule has 2 aliphatic rings. The van der Waals surface area contributed by atoms with Crippen LogP contribution in [0.2, 0.25) is 0 Å². The number of aromatic nitrogens is 1. The highest BCUT2D eigenvalue weighted by atomic mass is 32.1. The lowest BCUT2D eigenvalue weighted by atomic mass is 9.90. The molecule has 0 unspecified atom stereocenters. The molecule has 0 atom stereocenters. The average molecular weight is 411 g/mol. The monoisotopic (exact) mass is 410 g/mol. The summed E-state index contributed by atoms with van der Waals surface area (Å²) >= 11 is 1.37. The zero-order valence-electron chi connectivity index (χ0n) is 16.2. The van der Waals surface area contributed by atoms with Crippen LogP contribution in [0.25, 0.3) is 10.2 Å². The largest absolute Gasteiger partial charge is 0.467 e. The van der Waals surface area contributed by atoms with Gasteiger partial charge in [-0.3, -0.25) is 4.79 Å². The molecular weight excluding hydrogens is 387 g/mol. The van der Waals surface area contributed by atoms with Crippen LogP contribution < -0.4 is 4.74 Å². The average Bonchev–Trinajstić information content (AvgIpc) is 3.17. The number of benzene rings is 2. The fraction of sp³-hybridized carbons (Fsp3) is 0.391. The van der Waals surface area contributed by atoms with Gasteiger partial charge in [0.15, 0.2) is 0 Å². The molecule has 2 aromatic carbocycles. The fourth-order valence-electron chi connectivity index (χ4n) is 4.31. The fourth-order valence-corrected chi connectivity index (χ4v) is 5.21. The summed E-state index contributed by atoms with van der Waals surface area (Å²) in [7, 11) is 0. The van der Waals surface area contributed by atoms with E-state index in [9.17, 15) is 9.18 Å². The number of piperidine rings is 1. The van der Waals surface area contributed by atoms with Gasteiger partial charge in [-0.25, -0.2) is 4.39 Å². The molecule has 1 amide bonds. The van der Waals surface area contributed by atoms with Gasteiger partial charge >= 0.3 is 0 Å². The van der Waals surface area contributed by atoms with Crippen molar-refractivity contribution >= 4 is 27.5 Å². The van der Waals surface area contributed by atoms with Gasteiger partial charge in [-0.2, -0.15) is 4.98 Å². The molecule has 3 aromatic rings. The quantitative estimate of drug-likeness (QED) is 0.610. The van der Waals surface area contributed by atoms with Gasteiger partial charge in [0, 0.05) is 31.5 Å². The number of para-hydroxylation sites is 1. The van der Waals surface area contributed by atoms with E-state index in [4.69, 9.17) is 4.74 Å². The predicted molar refractivity (Wildman–Crippen MR) is 112 cm³/mol. The Bertz CT molecular complexity index is 1060. The number of halogens is 1. The molecular formula is C23H23FN2O2S. The van der Waals surface area contributed by atoms with Crippen LogP contribution in [-0.4, -0.2) is 35.0 Å². The summed E-state index contributed by atoms with van der Waals surface area (Å²) in [6, 6.07) is 11.1. The number of carbonyl (C=O) groups excluding carboxylic acids is 1. The van der Waals surface area contributed by atoms with Crippen LogP contribution in [0.5, 0.6) is 5.19 Å². The van der Waals surface area contributed by atoms with E-state index in [1.165, 1.54) is 41.4 Å². The maximum absolute atomic E-state index is 13.8. The first kappa shape index (κ1) is 18.6. The maximum Gasteiger partial charge on any atom is 0.274 e. The van der Waals surface area contributed by atoms with Gasteiger partial charge < -0.3 is 9.64 Å². The third kappa shape index (κ3) is 3.73. The second-order valence-electron chi connectivity index (χ2n) is 7.87. The number of fused-ring (bicyclic) bond motifs is 2. The van der Waals surface area contributed by atoms with Crippen molar-refractivity contribution in [2.24, 2.45) is 0 Å². The number of nitrogens with zero attached hydrogens (tertiary/aromatic N) is 2. The Balaban J connectivity index is 1.22. The smallest absolute Gasteiger partial charge is 0.274 e. The number of likely N-dealkylation sites (tertiary alicyclic amines) is 1. The summed E-state index contributed by atoms with van der Waals surface area (Å²) in [6.07, 6.45) is 6.19. The number of carbonyl (C=O) groups is 1. The summed E-state index contributed by atoms with van der Waals surface area (Å²) < 4.78 is 20.6. The van der Waals surface area contributed by atoms with Crippen molar-refractivity contribution < 1.29 is 13.9 Å². The highest BCUT2D eigenvalue weighted by Gasteiger charge is 2.26. The Morgan fingerprint density at radius 2 is 1.90 bits per heavy atom. The number of amides is 1. The van der Waals surface area contributed by atoms with Gasteiger partial charge in [0.25, 0.3) is 11.1 Å². The summed E-state index contributed by atoms with van der Waals surface area (Å²) in [4.78, 5) is 19.1. The van der Waals surface area contributed by atoms with E-state index < -0.39 is 0 Å². The van der Waals surface area contributed by atoms with E-state index >= 15 is 0 Å². The standard InChI is InChI=1S/C23H23FN2O2S/c24-19-6-3-7-20-21(19)25-23(29-20)28-18-10-12-26(13-11-18)22(27)17-9-8-15-4-1-2-5-16(15)14-17/h3,6-9,14,18H,1-2,4-5,10-13H2. The van der Waals surface area contributed by atoms with Crippen LogP contribution in [0.4, 0.5) is 4.39 Å². The lowest BCUT2D eigenvalue weighted by molar-refractivity contribution is 0.0595. The lowest BCUT2D eigenvalue weighted by Gasteiger charge is -2.32. The maximum atomic E-state index is 13.8. The first-order valence-corrected chi connectivity index (χ1v) is 11.1. The van der Waals surface area contributed by atoms with Gasteiger partial charge in [-0.15, -0.1) is 0 Å². The molecule has 29 heavy (non-hydrogen) atoms. The molecule has 150 valence electrons. The highest BCUT2D eigenvalue weighted by Crippen LogP contribution is 2.31. The van der Waals surface area contributed by atoms with Gasteiger partial charge in [0.2, 0.25) is 0 Å². The van der Waals surface area contributed by atoms with Gasteiger partial charge in [-0.1, -0.05) is 23.5 Å². The topological polar surface area (TPSA) is 42.4 Å². The van der Waals surface area contributed by atoms with Crippen LogP contribution in [0, 0.1) is 5.82 Å². The van der Waals surface area contributed by atoms with Crippen molar-refractivity contribution in [1.29, 1.82) is 0 Å². The van der Waals surface area contributed by atoms with Crippen LogP contribution in [-0.2, 0) is 12.8 Å². The minimum absolute atomic E-state index is 0.00575. The third-order valence-electron chi connectivity index (χ3n) is 5.94. The molecule has 0 N–H and O–H groups in total. The Morgan fingerprint density at radius 1 is 1.10 bits per heavy atom. The summed E-state index contributed by atoms with van der Waals surface area (Å²) in [5.41, 5.74) is 3.90. The molecule has 0 bridgehead atoms. The number of hydrogen-bond acceptors (Lipinski definition) is 4. The van der Waals surface area contributed by atoms with Gasteiger partial charge in [-0.05, 0) is 61.1 Å². The summed E-state index contributed by atoms with van der Waals surface area (Å²) in [5.74, 6) is -0.210. The number of hydrogen-bond donors (Lipinski definition) is 0. The molecule has 0 spiro atoms. The van der Waals surface area contributed by atoms with E-state index in [1.807, 2.05) is 17.0 Å². The third-order valence-corrected chi connectivity index (χ3v) is 6.85. The van der Waals surface area contributed by atoms with Crippen molar-refractivity contribution in [3.05, 3.63) is 58.9 Å². The number of ether oxygens (including phenoxy) is 1. The van der Waals surface area contributed by atoms with Crippen LogP contribution in [0.15, 0.2) is 36.4 Å². The van der Waals surface area contributed by atoms with Crippen molar-refractivity contribution in [2.75, 3.05) is 13.1 Å². The number of aryl methyl sites for hydroxylation is 2. The molecule has 1 fully saturated rings. The molecule has 6 heteroatoms. The predicted octanol–water partition coefficient (Wildman–Crippen LogP) is 5.00. The first-order chi connectivity index (χ1) is 14.2. The molecule has 1 aromatic heterocycles. The van der Waals surface area contributed by atoms with E-state index in [2.05, 4.69) is 17.1 Å². The molecule has 4 nitrogen and oxygen atoms in total. The number of rotatable bonds is 3. The Kier molecular flexibility index (Phi) is 4.96. The van der Waals surface area contributed by atoms with Gasteiger partial charge in [0.05, 0.1) is 4.70 Å². The highest BCUT2D eigenvalue weighted by molar-refractivity contribution is 7.20. The minimum atomic E-state index is -0.320. The molecule has 2 heterocycles. The van der Waals surface area contributed by atoms with Crippen molar-refractivity contribution in [2.45, 2.75) is 44.6 Å². The van der Waals surface area contributed by atoms with Crippen LogP contribution >= 0.6 is 11.3 Å². The van der Waals surface area contributed by atoms with E-state index in [0.29, 0.717) is 23.8 Å². The van der Waals surface area contributed by atoms with Crippen molar-refractivity contribution in [1.82, 2.24) is 9.88 Å².